The lowest BCUT2D eigenvalue weighted by atomic mass is 10.0. The smallest absolute Gasteiger partial charge is 0.263 e. The summed E-state index contributed by atoms with van der Waals surface area (Å²) in [4.78, 5) is 17.3. The van der Waals surface area contributed by atoms with Gasteiger partial charge in [-0.1, -0.05) is 49.7 Å². The number of amides is 1. The van der Waals surface area contributed by atoms with Crippen molar-refractivity contribution in [3.63, 3.8) is 0 Å². The van der Waals surface area contributed by atoms with Crippen LogP contribution in [0.5, 0.6) is 0 Å². The minimum atomic E-state index is -3.63. The van der Waals surface area contributed by atoms with Gasteiger partial charge < -0.3 is 5.32 Å². The third-order valence-corrected chi connectivity index (χ3v) is 6.11. The monoisotopic (exact) mass is 419 g/mol. The number of sulfonamides is 1. The molecule has 1 aliphatic rings. The van der Waals surface area contributed by atoms with E-state index in [1.807, 2.05) is 38.1 Å². The van der Waals surface area contributed by atoms with Crippen molar-refractivity contribution in [2.45, 2.75) is 31.2 Å². The lowest BCUT2D eigenvalue weighted by Crippen LogP contribution is -2.39. The lowest BCUT2D eigenvalue weighted by Gasteiger charge is -2.17. The van der Waals surface area contributed by atoms with Gasteiger partial charge in [-0.15, -0.1) is 0 Å². The van der Waals surface area contributed by atoms with Crippen LogP contribution < -0.4 is 10.0 Å². The SMILES string of the molecule is CC(C)[C@@H](N=C1NS(=O)(=O)c2ccccc21)C(=O)NCCc1ccc(Cl)cc1. The van der Waals surface area contributed by atoms with Crippen LogP contribution in [-0.4, -0.2) is 32.7 Å². The fraction of sp³-hybridized carbons (Fsp3) is 0.300. The molecule has 0 fully saturated rings. The Morgan fingerprint density at radius 3 is 2.50 bits per heavy atom. The maximum atomic E-state index is 12.7. The van der Waals surface area contributed by atoms with Gasteiger partial charge in [-0.25, -0.2) is 8.42 Å². The van der Waals surface area contributed by atoms with Gasteiger partial charge in [-0.2, -0.15) is 0 Å². The van der Waals surface area contributed by atoms with Crippen molar-refractivity contribution in [3.05, 3.63) is 64.7 Å². The van der Waals surface area contributed by atoms with E-state index in [0.29, 0.717) is 23.6 Å². The van der Waals surface area contributed by atoms with Crippen LogP contribution >= 0.6 is 11.6 Å². The largest absolute Gasteiger partial charge is 0.354 e. The van der Waals surface area contributed by atoms with Crippen molar-refractivity contribution in [2.75, 3.05) is 6.54 Å². The van der Waals surface area contributed by atoms with E-state index < -0.39 is 16.1 Å². The number of rotatable bonds is 6. The van der Waals surface area contributed by atoms with Gasteiger partial charge in [-0.05, 0) is 42.2 Å². The standard InChI is InChI=1S/C20H22ClN3O3S/c1-13(2)18(20(25)22-12-11-14-7-9-15(21)10-8-14)23-19-16-5-3-4-6-17(16)28(26,27)24-19/h3-10,13,18H,11-12H2,1-2H3,(H,22,25)(H,23,24)/t18-/m1/s1. The Balaban J connectivity index is 1.72. The molecule has 148 valence electrons. The number of nitrogens with one attached hydrogen (secondary N) is 2. The van der Waals surface area contributed by atoms with E-state index in [2.05, 4.69) is 15.0 Å². The first-order chi connectivity index (χ1) is 13.3. The molecule has 2 aromatic carbocycles. The number of benzene rings is 2. The first-order valence-corrected chi connectivity index (χ1v) is 10.9. The van der Waals surface area contributed by atoms with Gasteiger partial charge in [0.05, 0.1) is 4.90 Å². The second kappa shape index (κ2) is 8.32. The molecule has 0 unspecified atom stereocenters. The number of hydrogen-bond donors (Lipinski definition) is 2. The zero-order valence-electron chi connectivity index (χ0n) is 15.6. The zero-order chi connectivity index (χ0) is 20.3. The van der Waals surface area contributed by atoms with Crippen LogP contribution in [0.25, 0.3) is 0 Å². The molecule has 6 nitrogen and oxygen atoms in total. The van der Waals surface area contributed by atoms with E-state index >= 15 is 0 Å². The van der Waals surface area contributed by atoms with Crippen molar-refractivity contribution in [3.8, 4) is 0 Å². The summed E-state index contributed by atoms with van der Waals surface area (Å²) in [6, 6.07) is 13.4. The first kappa shape index (κ1) is 20.4. The Bertz CT molecular complexity index is 1000. The van der Waals surface area contributed by atoms with Crippen LogP contribution in [0.3, 0.4) is 0 Å². The van der Waals surface area contributed by atoms with Crippen LogP contribution in [0.15, 0.2) is 58.4 Å². The molecule has 0 bridgehead atoms. The van der Waals surface area contributed by atoms with Gasteiger partial charge in [0.15, 0.2) is 0 Å². The minimum absolute atomic E-state index is 0.0969. The molecule has 0 saturated heterocycles. The summed E-state index contributed by atoms with van der Waals surface area (Å²) in [7, 11) is -3.63. The van der Waals surface area contributed by atoms with Gasteiger partial charge in [-0.3, -0.25) is 14.5 Å². The third-order valence-electron chi connectivity index (χ3n) is 4.46. The quantitative estimate of drug-likeness (QED) is 0.754. The van der Waals surface area contributed by atoms with E-state index in [0.717, 1.165) is 5.56 Å². The topological polar surface area (TPSA) is 87.6 Å². The minimum Gasteiger partial charge on any atom is -0.354 e. The number of carbonyl (C=O) groups excluding carboxylic acids is 1. The molecule has 0 spiro atoms. The van der Waals surface area contributed by atoms with Crippen LogP contribution in [0.1, 0.15) is 25.0 Å². The maximum absolute atomic E-state index is 12.7. The summed E-state index contributed by atoms with van der Waals surface area (Å²) in [6.07, 6.45) is 0.666. The summed E-state index contributed by atoms with van der Waals surface area (Å²) < 4.78 is 26.9. The predicted octanol–water partition coefficient (Wildman–Crippen LogP) is 2.76. The fourth-order valence-corrected chi connectivity index (χ4v) is 4.33. The van der Waals surface area contributed by atoms with Crippen molar-refractivity contribution < 1.29 is 13.2 Å². The second-order valence-electron chi connectivity index (χ2n) is 6.94. The highest BCUT2D eigenvalue weighted by molar-refractivity contribution is 7.90. The molecule has 1 amide bonds. The Kier molecular flexibility index (Phi) is 6.05. The third kappa shape index (κ3) is 4.54. The Hall–Kier alpha value is -2.38. The maximum Gasteiger partial charge on any atom is 0.263 e. The van der Waals surface area contributed by atoms with Gasteiger partial charge in [0, 0.05) is 17.1 Å². The number of hydrogen-bond acceptors (Lipinski definition) is 4. The Morgan fingerprint density at radius 1 is 1.14 bits per heavy atom. The molecule has 0 aromatic heterocycles. The molecule has 0 radical (unpaired) electrons. The highest BCUT2D eigenvalue weighted by Gasteiger charge is 2.32. The molecule has 0 saturated carbocycles. The highest BCUT2D eigenvalue weighted by Crippen LogP contribution is 2.23. The predicted molar refractivity (Wildman–Crippen MR) is 110 cm³/mol. The zero-order valence-corrected chi connectivity index (χ0v) is 17.2. The van der Waals surface area contributed by atoms with Crippen LogP contribution in [0.4, 0.5) is 0 Å². The Morgan fingerprint density at radius 2 is 1.82 bits per heavy atom. The van der Waals surface area contributed by atoms with E-state index in [-0.39, 0.29) is 22.6 Å². The highest BCUT2D eigenvalue weighted by atomic mass is 35.5. The normalized spacial score (nSPS) is 17.2. The second-order valence-corrected chi connectivity index (χ2v) is 9.02. The van der Waals surface area contributed by atoms with Crippen molar-refractivity contribution in [1.29, 1.82) is 0 Å². The Labute approximate surface area is 170 Å². The van der Waals surface area contributed by atoms with E-state index in [1.54, 1.807) is 18.2 Å². The number of amidine groups is 1. The molecular weight excluding hydrogens is 398 g/mol. The van der Waals surface area contributed by atoms with Crippen LogP contribution in [0, 0.1) is 5.92 Å². The molecule has 2 N–H and O–H groups in total. The van der Waals surface area contributed by atoms with Gasteiger partial charge in [0.25, 0.3) is 10.0 Å². The number of aliphatic imine (C=N–C) groups is 1. The molecule has 2 aromatic rings. The molecule has 8 heteroatoms. The van der Waals surface area contributed by atoms with Gasteiger partial charge in [0.1, 0.15) is 11.9 Å². The molecule has 3 rings (SSSR count). The number of carbonyl (C=O) groups is 1. The summed E-state index contributed by atoms with van der Waals surface area (Å²) >= 11 is 5.88. The van der Waals surface area contributed by atoms with Crippen LogP contribution in [0.2, 0.25) is 5.02 Å². The molecule has 1 heterocycles. The molecule has 0 aliphatic carbocycles. The summed E-state index contributed by atoms with van der Waals surface area (Å²) in [5, 5.41) is 3.56. The van der Waals surface area contributed by atoms with E-state index in [9.17, 15) is 13.2 Å². The lowest BCUT2D eigenvalue weighted by molar-refractivity contribution is -0.123. The molecule has 28 heavy (non-hydrogen) atoms. The molecular formula is C20H22ClN3O3S. The molecule has 1 atom stereocenters. The number of fused-ring (bicyclic) bond motifs is 1. The van der Waals surface area contributed by atoms with Crippen molar-refractivity contribution >= 4 is 33.4 Å². The molecule has 1 aliphatic heterocycles. The summed E-state index contributed by atoms with van der Waals surface area (Å²) in [5.41, 5.74) is 1.55. The average Bonchev–Trinajstić information content (AvgIpc) is 2.91. The van der Waals surface area contributed by atoms with E-state index in [1.165, 1.54) is 6.07 Å². The van der Waals surface area contributed by atoms with Crippen LogP contribution in [-0.2, 0) is 21.2 Å². The van der Waals surface area contributed by atoms with Gasteiger partial charge >= 0.3 is 0 Å². The summed E-state index contributed by atoms with van der Waals surface area (Å²) in [5.74, 6) is -0.123. The van der Waals surface area contributed by atoms with E-state index in [4.69, 9.17) is 11.6 Å². The number of nitrogens with zero attached hydrogens (tertiary/aromatic N) is 1. The fourth-order valence-electron chi connectivity index (χ4n) is 2.96. The van der Waals surface area contributed by atoms with Gasteiger partial charge in [0.2, 0.25) is 5.91 Å². The number of halogens is 1. The first-order valence-electron chi connectivity index (χ1n) is 9.00. The van der Waals surface area contributed by atoms with Crippen molar-refractivity contribution in [2.24, 2.45) is 10.9 Å². The van der Waals surface area contributed by atoms with Crippen molar-refractivity contribution in [1.82, 2.24) is 10.0 Å². The average molecular weight is 420 g/mol. The summed E-state index contributed by atoms with van der Waals surface area (Å²) in [6.45, 7) is 4.21.